The van der Waals surface area contributed by atoms with E-state index in [-0.39, 0.29) is 25.2 Å². The third-order valence-corrected chi connectivity index (χ3v) is 4.32. The number of carbonyl (C=O) groups is 2. The Balaban J connectivity index is 1.83. The molecule has 3 atom stereocenters. The molecule has 2 unspecified atom stereocenters. The topological polar surface area (TPSA) is 71.1 Å². The lowest BCUT2D eigenvalue weighted by atomic mass is 10.0. The first-order valence-corrected chi connectivity index (χ1v) is 8.45. The number of benzene rings is 1. The average molecular weight is 350 g/mol. The van der Waals surface area contributed by atoms with Crippen molar-refractivity contribution in [2.75, 3.05) is 7.11 Å². The van der Waals surface area contributed by atoms with E-state index in [1.165, 1.54) is 7.11 Å². The molecule has 25 heavy (non-hydrogen) atoms. The van der Waals surface area contributed by atoms with Gasteiger partial charge in [-0.1, -0.05) is 30.3 Å². The Labute approximate surface area is 148 Å². The number of hydrogen-bond donors (Lipinski definition) is 0. The summed E-state index contributed by atoms with van der Waals surface area (Å²) in [6.07, 6.45) is -0.271. The van der Waals surface area contributed by atoms with Crippen LogP contribution in [-0.4, -0.2) is 43.0 Å². The summed E-state index contributed by atoms with van der Waals surface area (Å²) in [7, 11) is 1.50. The van der Waals surface area contributed by atoms with Crippen LogP contribution in [0.3, 0.4) is 0 Å². The van der Waals surface area contributed by atoms with Gasteiger partial charge < -0.3 is 18.9 Å². The van der Waals surface area contributed by atoms with Crippen molar-refractivity contribution < 1.29 is 28.5 Å². The quantitative estimate of drug-likeness (QED) is 0.530. The fraction of sp³-hybridized carbons (Fsp3) is 0.579. The van der Waals surface area contributed by atoms with Crippen molar-refractivity contribution in [2.24, 2.45) is 0 Å². The van der Waals surface area contributed by atoms with Gasteiger partial charge in [0.2, 0.25) is 5.78 Å². The molecule has 6 heteroatoms. The third kappa shape index (κ3) is 5.63. The average Bonchev–Trinajstić information content (AvgIpc) is 2.84. The highest BCUT2D eigenvalue weighted by atomic mass is 16.8. The molecule has 1 aromatic rings. The molecule has 1 saturated heterocycles. The lowest BCUT2D eigenvalue weighted by Crippen LogP contribution is -2.35. The van der Waals surface area contributed by atoms with E-state index in [4.69, 9.17) is 18.9 Å². The maximum atomic E-state index is 12.1. The van der Waals surface area contributed by atoms with Crippen LogP contribution in [0.1, 0.15) is 39.2 Å². The van der Waals surface area contributed by atoms with Crippen molar-refractivity contribution in [3.63, 3.8) is 0 Å². The van der Waals surface area contributed by atoms with Gasteiger partial charge in [0.1, 0.15) is 6.61 Å². The summed E-state index contributed by atoms with van der Waals surface area (Å²) in [4.78, 5) is 24.0. The Morgan fingerprint density at radius 2 is 1.76 bits per heavy atom. The van der Waals surface area contributed by atoms with Gasteiger partial charge in [0, 0.05) is 20.0 Å². The minimum atomic E-state index is -0.856. The molecule has 0 radical (unpaired) electrons. The Morgan fingerprint density at radius 1 is 1.16 bits per heavy atom. The second-order valence-electron chi connectivity index (χ2n) is 6.53. The van der Waals surface area contributed by atoms with Crippen molar-refractivity contribution in [3.05, 3.63) is 35.9 Å². The van der Waals surface area contributed by atoms with E-state index in [0.717, 1.165) is 5.56 Å². The number of rotatable bonds is 8. The van der Waals surface area contributed by atoms with E-state index in [1.54, 1.807) is 0 Å². The van der Waals surface area contributed by atoms with E-state index in [1.807, 2.05) is 51.1 Å². The van der Waals surface area contributed by atoms with Crippen molar-refractivity contribution in [1.82, 2.24) is 0 Å². The Hall–Kier alpha value is -1.76. The molecule has 6 nitrogen and oxygen atoms in total. The van der Waals surface area contributed by atoms with Crippen molar-refractivity contribution in [1.29, 1.82) is 0 Å². The highest BCUT2D eigenvalue weighted by Crippen LogP contribution is 2.33. The zero-order chi connectivity index (χ0) is 18.4. The Morgan fingerprint density at radius 3 is 2.32 bits per heavy atom. The summed E-state index contributed by atoms with van der Waals surface area (Å²) in [6.45, 7) is 5.76. The molecule has 0 bridgehead atoms. The molecule has 0 aromatic heterocycles. The maximum absolute atomic E-state index is 12.1. The predicted molar refractivity (Wildman–Crippen MR) is 90.8 cm³/mol. The summed E-state index contributed by atoms with van der Waals surface area (Å²) in [5.41, 5.74) is 0.829. The smallest absolute Gasteiger partial charge is 0.375 e. The molecule has 0 N–H and O–H groups in total. The molecular formula is C19H26O6. The number of ketones is 1. The molecule has 0 spiro atoms. The molecule has 1 aliphatic rings. The van der Waals surface area contributed by atoms with Gasteiger partial charge in [-0.25, -0.2) is 4.79 Å². The van der Waals surface area contributed by atoms with Crippen LogP contribution in [-0.2, 0) is 35.1 Å². The van der Waals surface area contributed by atoms with Gasteiger partial charge in [-0.2, -0.15) is 0 Å². The monoisotopic (exact) mass is 350 g/mol. The van der Waals surface area contributed by atoms with Crippen LogP contribution in [0.2, 0.25) is 0 Å². The first-order chi connectivity index (χ1) is 11.8. The lowest BCUT2D eigenvalue weighted by molar-refractivity contribution is -0.182. The zero-order valence-corrected chi connectivity index (χ0v) is 15.2. The van der Waals surface area contributed by atoms with Crippen LogP contribution >= 0.6 is 0 Å². The SMILES string of the molecule is CO[C@@H](CC(=O)C(=O)OCc1ccccc1)CC1(C)OC(C)C(C)O1. The first-order valence-electron chi connectivity index (χ1n) is 8.45. The van der Waals surface area contributed by atoms with Crippen molar-refractivity contribution in [3.8, 4) is 0 Å². The fourth-order valence-corrected chi connectivity index (χ4v) is 2.85. The molecule has 1 heterocycles. The number of Topliss-reactive ketones (excluding diaryl/α,β-unsaturated/α-hetero) is 1. The third-order valence-electron chi connectivity index (χ3n) is 4.32. The van der Waals surface area contributed by atoms with Gasteiger partial charge in [0.25, 0.3) is 0 Å². The van der Waals surface area contributed by atoms with Crippen LogP contribution < -0.4 is 0 Å². The summed E-state index contributed by atoms with van der Waals surface area (Å²) in [6, 6.07) is 9.21. The summed E-state index contributed by atoms with van der Waals surface area (Å²) in [5, 5.41) is 0. The highest BCUT2D eigenvalue weighted by molar-refractivity contribution is 6.33. The number of methoxy groups -OCH3 is 1. The van der Waals surface area contributed by atoms with Gasteiger partial charge in [-0.3, -0.25) is 4.79 Å². The van der Waals surface area contributed by atoms with Gasteiger partial charge >= 0.3 is 5.97 Å². The standard InChI is InChI=1S/C19H26O6/c1-13-14(2)25-19(3,24-13)11-16(22-4)10-17(20)18(21)23-12-15-8-6-5-7-9-15/h5-9,13-14,16H,10-12H2,1-4H3/t13?,14?,16-,19?/m0/s1. The largest absolute Gasteiger partial charge is 0.455 e. The van der Waals surface area contributed by atoms with Crippen LogP contribution in [0.4, 0.5) is 0 Å². The first kappa shape index (κ1) is 19.6. The number of hydrogen-bond acceptors (Lipinski definition) is 6. The fourth-order valence-electron chi connectivity index (χ4n) is 2.85. The number of carbonyl (C=O) groups excluding carboxylic acids is 2. The minimum Gasteiger partial charge on any atom is -0.455 e. The highest BCUT2D eigenvalue weighted by Gasteiger charge is 2.42. The molecule has 1 fully saturated rings. The maximum Gasteiger partial charge on any atom is 0.375 e. The normalized spacial score (nSPS) is 27.0. The van der Waals surface area contributed by atoms with Gasteiger partial charge in [0.15, 0.2) is 5.79 Å². The molecular weight excluding hydrogens is 324 g/mol. The minimum absolute atomic E-state index is 0.0333. The lowest BCUT2D eigenvalue weighted by Gasteiger charge is -2.27. The van der Waals surface area contributed by atoms with E-state index >= 15 is 0 Å². The summed E-state index contributed by atoms with van der Waals surface area (Å²) in [5.74, 6) is -2.30. The van der Waals surface area contributed by atoms with E-state index in [9.17, 15) is 9.59 Å². The van der Waals surface area contributed by atoms with E-state index < -0.39 is 23.6 Å². The summed E-state index contributed by atoms with van der Waals surface area (Å²) < 4.78 is 22.0. The van der Waals surface area contributed by atoms with Gasteiger partial charge in [-0.15, -0.1) is 0 Å². The molecule has 0 saturated carbocycles. The number of esters is 1. The summed E-state index contributed by atoms with van der Waals surface area (Å²) >= 11 is 0. The van der Waals surface area contributed by atoms with E-state index in [2.05, 4.69) is 0 Å². The Bertz CT molecular complexity index is 575. The zero-order valence-electron chi connectivity index (χ0n) is 15.2. The van der Waals surface area contributed by atoms with Crippen LogP contribution in [0.15, 0.2) is 30.3 Å². The molecule has 1 aliphatic heterocycles. The van der Waals surface area contributed by atoms with Gasteiger partial charge in [0.05, 0.1) is 18.3 Å². The second kappa shape index (κ2) is 8.56. The van der Waals surface area contributed by atoms with Crippen molar-refractivity contribution in [2.45, 2.75) is 64.3 Å². The molecule has 138 valence electrons. The van der Waals surface area contributed by atoms with Crippen LogP contribution in [0.25, 0.3) is 0 Å². The number of ether oxygens (including phenoxy) is 4. The van der Waals surface area contributed by atoms with Crippen molar-refractivity contribution >= 4 is 11.8 Å². The predicted octanol–water partition coefficient (Wildman–Crippen LogP) is 2.63. The van der Waals surface area contributed by atoms with E-state index in [0.29, 0.717) is 6.42 Å². The molecule has 0 aliphatic carbocycles. The van der Waals surface area contributed by atoms with Gasteiger partial charge in [-0.05, 0) is 26.3 Å². The van der Waals surface area contributed by atoms with Crippen LogP contribution in [0.5, 0.6) is 0 Å². The Kier molecular flexibility index (Phi) is 6.70. The molecule has 1 aromatic carbocycles. The van der Waals surface area contributed by atoms with Crippen LogP contribution in [0, 0.1) is 0 Å². The molecule has 0 amide bonds. The second-order valence-corrected chi connectivity index (χ2v) is 6.53. The molecule has 2 rings (SSSR count).